The van der Waals surface area contributed by atoms with Crippen molar-refractivity contribution in [2.75, 3.05) is 0 Å². The normalized spacial score (nSPS) is 11.4. The second-order valence-electron chi connectivity index (χ2n) is 4.64. The van der Waals surface area contributed by atoms with Crippen LogP contribution < -0.4 is 0 Å². The van der Waals surface area contributed by atoms with E-state index >= 15 is 0 Å². The van der Waals surface area contributed by atoms with E-state index in [1.165, 1.54) is 10.8 Å². The van der Waals surface area contributed by atoms with E-state index in [2.05, 4.69) is 35.3 Å². The molecule has 1 heterocycles. The molecule has 0 aliphatic carbocycles. The summed E-state index contributed by atoms with van der Waals surface area (Å²) in [7, 11) is 0. The van der Waals surface area contributed by atoms with Gasteiger partial charge < -0.3 is 0 Å². The van der Waals surface area contributed by atoms with E-state index in [1.807, 2.05) is 30.5 Å². The molecule has 0 radical (unpaired) electrons. The Bertz CT molecular complexity index is 928. The van der Waals surface area contributed by atoms with Gasteiger partial charge in [-0.3, -0.25) is 4.98 Å². The van der Waals surface area contributed by atoms with Gasteiger partial charge in [-0.15, -0.1) is 0 Å². The van der Waals surface area contributed by atoms with Crippen LogP contribution in [0, 0.1) is 0 Å². The van der Waals surface area contributed by atoms with Crippen LogP contribution in [-0.4, -0.2) is 4.98 Å². The summed E-state index contributed by atoms with van der Waals surface area (Å²) < 4.78 is 0. The molecule has 1 aromatic heterocycles. The highest BCUT2D eigenvalue weighted by Gasteiger charge is 2.08. The van der Waals surface area contributed by atoms with Crippen LogP contribution in [0.5, 0.6) is 0 Å². The van der Waals surface area contributed by atoms with Crippen molar-refractivity contribution in [1.82, 2.24) is 4.98 Å². The lowest BCUT2D eigenvalue weighted by atomic mass is 10.0. The third-order valence-corrected chi connectivity index (χ3v) is 3.86. The molecule has 0 saturated heterocycles. The van der Waals surface area contributed by atoms with Crippen LogP contribution in [-0.2, 0) is 0 Å². The minimum absolute atomic E-state index is 0.755. The summed E-state index contributed by atoms with van der Waals surface area (Å²) in [6, 6.07) is 18.5. The van der Waals surface area contributed by atoms with E-state index in [4.69, 9.17) is 11.6 Å². The fourth-order valence-electron chi connectivity index (χ4n) is 2.68. The first kappa shape index (κ1) is 10.8. The maximum absolute atomic E-state index is 6.35. The Morgan fingerprint density at radius 1 is 0.789 bits per heavy atom. The second-order valence-corrected chi connectivity index (χ2v) is 5.05. The van der Waals surface area contributed by atoms with Gasteiger partial charge in [0, 0.05) is 22.4 Å². The summed E-state index contributed by atoms with van der Waals surface area (Å²) in [6.07, 6.45) is 1.91. The Morgan fingerprint density at radius 3 is 2.32 bits per heavy atom. The molecule has 0 amide bonds. The van der Waals surface area contributed by atoms with Crippen LogP contribution in [0.25, 0.3) is 32.4 Å². The van der Waals surface area contributed by atoms with Gasteiger partial charge in [0.1, 0.15) is 0 Å². The van der Waals surface area contributed by atoms with Gasteiger partial charge in [0.05, 0.1) is 10.5 Å². The number of benzene rings is 3. The fraction of sp³-hybridized carbons (Fsp3) is 0. The Hall–Kier alpha value is -2.12. The Morgan fingerprint density at radius 2 is 1.47 bits per heavy atom. The maximum Gasteiger partial charge on any atom is 0.0729 e. The average molecular weight is 264 g/mol. The summed E-state index contributed by atoms with van der Waals surface area (Å²) in [5.41, 5.74) is 0.947. The van der Waals surface area contributed by atoms with E-state index < -0.39 is 0 Å². The van der Waals surface area contributed by atoms with Gasteiger partial charge in [0.15, 0.2) is 0 Å². The number of fused-ring (bicyclic) bond motifs is 5. The minimum Gasteiger partial charge on any atom is -0.256 e. The highest BCUT2D eigenvalue weighted by molar-refractivity contribution is 6.38. The average Bonchev–Trinajstić information content (AvgIpc) is 2.47. The van der Waals surface area contributed by atoms with Gasteiger partial charge in [0.2, 0.25) is 0 Å². The molecule has 90 valence electrons. The number of hydrogen-bond donors (Lipinski definition) is 0. The van der Waals surface area contributed by atoms with Crippen LogP contribution in [0.3, 0.4) is 0 Å². The number of rotatable bonds is 0. The molecule has 0 aliphatic heterocycles. The number of aromatic nitrogens is 1. The second kappa shape index (κ2) is 3.94. The molecule has 0 aliphatic rings. The summed E-state index contributed by atoms with van der Waals surface area (Å²) in [5, 5.41) is 6.55. The molecule has 0 unspecified atom stereocenters. The van der Waals surface area contributed by atoms with Crippen molar-refractivity contribution in [3.63, 3.8) is 0 Å². The standard InChI is InChI=1S/C17H10ClN/c18-15-9-16-17(14-8-4-3-7-13(14)15)12-6-2-1-5-11(12)10-19-16/h1-10H. The largest absolute Gasteiger partial charge is 0.256 e. The lowest BCUT2D eigenvalue weighted by Gasteiger charge is -2.08. The zero-order chi connectivity index (χ0) is 12.8. The predicted molar refractivity (Wildman–Crippen MR) is 81.8 cm³/mol. The molecule has 4 rings (SSSR count). The molecule has 0 spiro atoms. The molecule has 19 heavy (non-hydrogen) atoms. The van der Waals surface area contributed by atoms with Crippen LogP contribution in [0.15, 0.2) is 60.8 Å². The van der Waals surface area contributed by atoms with Gasteiger partial charge in [-0.2, -0.15) is 0 Å². The van der Waals surface area contributed by atoms with Crippen molar-refractivity contribution in [1.29, 1.82) is 0 Å². The van der Waals surface area contributed by atoms with Gasteiger partial charge >= 0.3 is 0 Å². The van der Waals surface area contributed by atoms with Crippen LogP contribution in [0.1, 0.15) is 0 Å². The zero-order valence-corrected chi connectivity index (χ0v) is 10.9. The van der Waals surface area contributed by atoms with E-state index in [9.17, 15) is 0 Å². The quantitative estimate of drug-likeness (QED) is 0.398. The molecule has 0 bridgehead atoms. The smallest absolute Gasteiger partial charge is 0.0729 e. The predicted octanol–water partition coefficient (Wildman–Crippen LogP) is 5.19. The molecular formula is C17H10ClN. The van der Waals surface area contributed by atoms with Crippen molar-refractivity contribution in [3.05, 3.63) is 65.8 Å². The van der Waals surface area contributed by atoms with Gasteiger partial charge in [-0.1, -0.05) is 60.1 Å². The summed E-state index contributed by atoms with van der Waals surface area (Å²) in [6.45, 7) is 0. The molecule has 0 N–H and O–H groups in total. The van der Waals surface area contributed by atoms with Gasteiger partial charge in [-0.25, -0.2) is 0 Å². The van der Waals surface area contributed by atoms with E-state index in [0.29, 0.717) is 0 Å². The Balaban J connectivity index is 2.39. The van der Waals surface area contributed by atoms with Crippen molar-refractivity contribution in [3.8, 4) is 0 Å². The van der Waals surface area contributed by atoms with E-state index in [0.717, 1.165) is 26.7 Å². The van der Waals surface area contributed by atoms with Gasteiger partial charge in [-0.05, 0) is 16.8 Å². The van der Waals surface area contributed by atoms with Crippen molar-refractivity contribution >= 4 is 44.0 Å². The molecular weight excluding hydrogens is 254 g/mol. The van der Waals surface area contributed by atoms with Crippen LogP contribution >= 0.6 is 11.6 Å². The first-order valence-corrected chi connectivity index (χ1v) is 6.57. The monoisotopic (exact) mass is 263 g/mol. The maximum atomic E-state index is 6.35. The summed E-state index contributed by atoms with van der Waals surface area (Å²) >= 11 is 6.35. The highest BCUT2D eigenvalue weighted by Crippen LogP contribution is 2.34. The van der Waals surface area contributed by atoms with Gasteiger partial charge in [0.25, 0.3) is 0 Å². The number of pyridine rings is 1. The van der Waals surface area contributed by atoms with Crippen molar-refractivity contribution < 1.29 is 0 Å². The molecule has 0 fully saturated rings. The summed E-state index contributed by atoms with van der Waals surface area (Å²) in [5.74, 6) is 0. The molecule has 3 aromatic carbocycles. The van der Waals surface area contributed by atoms with Crippen LogP contribution in [0.4, 0.5) is 0 Å². The Labute approximate surface area is 115 Å². The summed E-state index contributed by atoms with van der Waals surface area (Å²) in [4.78, 5) is 4.54. The fourth-order valence-corrected chi connectivity index (χ4v) is 2.95. The van der Waals surface area contributed by atoms with E-state index in [1.54, 1.807) is 0 Å². The van der Waals surface area contributed by atoms with E-state index in [-0.39, 0.29) is 0 Å². The van der Waals surface area contributed by atoms with Crippen molar-refractivity contribution in [2.45, 2.75) is 0 Å². The third-order valence-electron chi connectivity index (χ3n) is 3.55. The third kappa shape index (κ3) is 1.52. The zero-order valence-electron chi connectivity index (χ0n) is 10.1. The highest BCUT2D eigenvalue weighted by atomic mass is 35.5. The number of halogens is 1. The Kier molecular flexibility index (Phi) is 2.23. The minimum atomic E-state index is 0.755. The molecule has 0 saturated carbocycles. The topological polar surface area (TPSA) is 12.9 Å². The first-order valence-electron chi connectivity index (χ1n) is 6.19. The molecule has 2 heteroatoms. The molecule has 4 aromatic rings. The SMILES string of the molecule is Clc1cc2ncc3ccccc3c2c2ccccc12. The first-order chi connectivity index (χ1) is 9.34. The van der Waals surface area contributed by atoms with Crippen molar-refractivity contribution in [2.24, 2.45) is 0 Å². The van der Waals surface area contributed by atoms with Crippen LogP contribution in [0.2, 0.25) is 5.02 Å². The number of hydrogen-bond acceptors (Lipinski definition) is 1. The lowest BCUT2D eigenvalue weighted by molar-refractivity contribution is 1.45. The lowest BCUT2D eigenvalue weighted by Crippen LogP contribution is -1.85. The number of nitrogens with zero attached hydrogens (tertiary/aromatic N) is 1. The molecule has 0 atom stereocenters. The molecule has 1 nitrogen and oxygen atoms in total.